The van der Waals surface area contributed by atoms with Crippen LogP contribution in [0.2, 0.25) is 0 Å². The van der Waals surface area contributed by atoms with Crippen LogP contribution >= 0.6 is 0 Å². The molecule has 2 unspecified atom stereocenters. The Labute approximate surface area is 89.6 Å². The average molecular weight is 210 g/mol. The minimum absolute atomic E-state index is 0.192. The summed E-state index contributed by atoms with van der Waals surface area (Å²) in [6.07, 6.45) is 3.67. The molecule has 15 heavy (non-hydrogen) atoms. The number of hydrogen-bond acceptors (Lipinski definition) is 3. The highest BCUT2D eigenvalue weighted by molar-refractivity contribution is 4.99. The van der Waals surface area contributed by atoms with Crippen molar-refractivity contribution in [2.24, 2.45) is 5.92 Å². The van der Waals surface area contributed by atoms with Gasteiger partial charge in [0.15, 0.2) is 0 Å². The van der Waals surface area contributed by atoms with Gasteiger partial charge in [-0.1, -0.05) is 20.3 Å². The largest absolute Gasteiger partial charge is 0.391 e. The lowest BCUT2D eigenvalue weighted by molar-refractivity contribution is 0.0950. The molecule has 0 saturated heterocycles. The highest BCUT2D eigenvalue weighted by Gasteiger charge is 2.13. The Balaban J connectivity index is 2.80. The summed E-state index contributed by atoms with van der Waals surface area (Å²) >= 11 is 0. The first-order chi connectivity index (χ1) is 7.04. The minimum Gasteiger partial charge on any atom is -0.391 e. The Bertz CT molecular complexity index is 373. The van der Waals surface area contributed by atoms with Crippen molar-refractivity contribution in [1.29, 1.82) is 0 Å². The van der Waals surface area contributed by atoms with Gasteiger partial charge in [-0.15, -0.1) is 0 Å². The molecular weight excluding hydrogens is 192 g/mol. The van der Waals surface area contributed by atoms with Crippen molar-refractivity contribution >= 4 is 0 Å². The molecule has 0 spiro atoms. The molecule has 0 aliphatic heterocycles. The first kappa shape index (κ1) is 11.9. The molecule has 4 nitrogen and oxygen atoms in total. The molecule has 1 rings (SSSR count). The summed E-state index contributed by atoms with van der Waals surface area (Å²) in [5, 5.41) is 9.80. The van der Waals surface area contributed by atoms with Gasteiger partial charge >= 0.3 is 5.69 Å². The molecule has 84 valence electrons. The Hall–Kier alpha value is -1.16. The highest BCUT2D eigenvalue weighted by atomic mass is 16.3. The van der Waals surface area contributed by atoms with Crippen LogP contribution in [0.5, 0.6) is 0 Å². The minimum atomic E-state index is -0.490. The van der Waals surface area contributed by atoms with Crippen LogP contribution in [0.3, 0.4) is 0 Å². The Kier molecular flexibility index (Phi) is 4.03. The lowest BCUT2D eigenvalue weighted by Gasteiger charge is -2.17. The van der Waals surface area contributed by atoms with Gasteiger partial charge in [0.05, 0.1) is 12.6 Å². The van der Waals surface area contributed by atoms with Crippen molar-refractivity contribution in [3.8, 4) is 0 Å². The summed E-state index contributed by atoms with van der Waals surface area (Å²) in [7, 11) is 0. The number of nitrogens with zero attached hydrogens (tertiary/aromatic N) is 2. The lowest BCUT2D eigenvalue weighted by Crippen LogP contribution is -2.31. The van der Waals surface area contributed by atoms with Gasteiger partial charge in [-0.2, -0.15) is 0 Å². The third kappa shape index (κ3) is 3.16. The second-order valence-corrected chi connectivity index (χ2v) is 4.02. The molecule has 0 saturated carbocycles. The molecule has 1 aromatic rings. The number of aromatic nitrogens is 2. The summed E-state index contributed by atoms with van der Waals surface area (Å²) in [5.74, 6) is 0.192. The zero-order valence-corrected chi connectivity index (χ0v) is 9.47. The second kappa shape index (κ2) is 5.07. The zero-order chi connectivity index (χ0) is 11.4. The van der Waals surface area contributed by atoms with Crippen LogP contribution in [0.15, 0.2) is 17.2 Å². The zero-order valence-electron chi connectivity index (χ0n) is 9.47. The van der Waals surface area contributed by atoms with Crippen molar-refractivity contribution in [3.63, 3.8) is 0 Å². The van der Waals surface area contributed by atoms with Crippen LogP contribution in [0.1, 0.15) is 25.8 Å². The molecule has 1 heterocycles. The summed E-state index contributed by atoms with van der Waals surface area (Å²) in [4.78, 5) is 15.1. The van der Waals surface area contributed by atoms with Gasteiger partial charge in [0.25, 0.3) is 0 Å². The molecule has 0 fully saturated rings. The lowest BCUT2D eigenvalue weighted by atomic mass is 10.0. The van der Waals surface area contributed by atoms with E-state index in [4.69, 9.17) is 0 Å². The molecule has 0 radical (unpaired) electrons. The van der Waals surface area contributed by atoms with Crippen LogP contribution in [-0.4, -0.2) is 20.8 Å². The molecule has 0 bridgehead atoms. The third-order valence-corrected chi connectivity index (χ3v) is 2.67. The topological polar surface area (TPSA) is 55.1 Å². The van der Waals surface area contributed by atoms with E-state index in [0.29, 0.717) is 6.54 Å². The Morgan fingerprint density at radius 1 is 1.60 bits per heavy atom. The number of hydrogen-bond donors (Lipinski definition) is 1. The van der Waals surface area contributed by atoms with Gasteiger partial charge in [0, 0.05) is 12.4 Å². The quantitative estimate of drug-likeness (QED) is 0.805. The van der Waals surface area contributed by atoms with E-state index >= 15 is 0 Å². The number of aliphatic hydroxyl groups excluding tert-OH is 1. The standard InChI is InChI=1S/C11H18N2O2/c1-4-9(3)10(14)7-13-6-8(2)5-12-11(13)15/h5-6,9-10,14H,4,7H2,1-3H3. The molecule has 0 aliphatic carbocycles. The van der Waals surface area contributed by atoms with E-state index in [9.17, 15) is 9.90 Å². The fourth-order valence-electron chi connectivity index (χ4n) is 1.35. The molecule has 4 heteroatoms. The van der Waals surface area contributed by atoms with E-state index in [2.05, 4.69) is 4.98 Å². The van der Waals surface area contributed by atoms with Crippen LogP contribution < -0.4 is 5.69 Å². The summed E-state index contributed by atoms with van der Waals surface area (Å²) in [6, 6.07) is 0. The third-order valence-electron chi connectivity index (χ3n) is 2.67. The second-order valence-electron chi connectivity index (χ2n) is 4.02. The predicted octanol–water partition coefficient (Wildman–Crippen LogP) is 0.959. The normalized spacial score (nSPS) is 14.9. The molecule has 1 N–H and O–H groups in total. The van der Waals surface area contributed by atoms with Crippen LogP contribution in [0, 0.1) is 12.8 Å². The van der Waals surface area contributed by atoms with E-state index in [0.717, 1.165) is 12.0 Å². The Morgan fingerprint density at radius 2 is 2.27 bits per heavy atom. The Morgan fingerprint density at radius 3 is 2.87 bits per heavy atom. The predicted molar refractivity (Wildman–Crippen MR) is 58.7 cm³/mol. The summed E-state index contributed by atoms with van der Waals surface area (Å²) in [5.41, 5.74) is 0.619. The molecular formula is C11H18N2O2. The van der Waals surface area contributed by atoms with E-state index in [1.807, 2.05) is 20.8 Å². The van der Waals surface area contributed by atoms with E-state index in [1.165, 1.54) is 10.8 Å². The summed E-state index contributed by atoms with van der Waals surface area (Å²) in [6.45, 7) is 6.19. The fourth-order valence-corrected chi connectivity index (χ4v) is 1.35. The SMILES string of the molecule is CCC(C)C(O)Cn1cc(C)cnc1=O. The maximum Gasteiger partial charge on any atom is 0.347 e. The van der Waals surface area contributed by atoms with E-state index in [-0.39, 0.29) is 11.6 Å². The molecule has 2 atom stereocenters. The smallest absolute Gasteiger partial charge is 0.347 e. The first-order valence-electron chi connectivity index (χ1n) is 5.25. The highest BCUT2D eigenvalue weighted by Crippen LogP contribution is 2.08. The van der Waals surface area contributed by atoms with Crippen molar-refractivity contribution < 1.29 is 5.11 Å². The molecule has 0 aromatic carbocycles. The summed E-state index contributed by atoms with van der Waals surface area (Å²) < 4.78 is 1.46. The van der Waals surface area contributed by atoms with E-state index < -0.39 is 6.10 Å². The number of aliphatic hydroxyl groups is 1. The average Bonchev–Trinajstić information content (AvgIpc) is 2.22. The van der Waals surface area contributed by atoms with Crippen molar-refractivity contribution in [3.05, 3.63) is 28.4 Å². The molecule has 1 aromatic heterocycles. The van der Waals surface area contributed by atoms with Gasteiger partial charge < -0.3 is 5.11 Å². The fraction of sp³-hybridized carbons (Fsp3) is 0.636. The van der Waals surface area contributed by atoms with Crippen LogP contribution in [0.25, 0.3) is 0 Å². The monoisotopic (exact) mass is 210 g/mol. The van der Waals surface area contributed by atoms with Gasteiger partial charge in [0.2, 0.25) is 0 Å². The van der Waals surface area contributed by atoms with Gasteiger partial charge in [-0.25, -0.2) is 9.78 Å². The van der Waals surface area contributed by atoms with Crippen molar-refractivity contribution in [2.75, 3.05) is 0 Å². The van der Waals surface area contributed by atoms with Crippen molar-refractivity contribution in [1.82, 2.24) is 9.55 Å². The molecule has 0 amide bonds. The van der Waals surface area contributed by atoms with E-state index in [1.54, 1.807) is 6.20 Å². The maximum absolute atomic E-state index is 11.4. The van der Waals surface area contributed by atoms with Crippen LogP contribution in [-0.2, 0) is 6.54 Å². The van der Waals surface area contributed by atoms with Gasteiger partial charge in [0.1, 0.15) is 0 Å². The van der Waals surface area contributed by atoms with Gasteiger partial charge in [-0.05, 0) is 18.4 Å². The van der Waals surface area contributed by atoms with Crippen LogP contribution in [0.4, 0.5) is 0 Å². The number of aryl methyl sites for hydroxylation is 1. The first-order valence-corrected chi connectivity index (χ1v) is 5.25. The molecule has 0 aliphatic rings. The maximum atomic E-state index is 11.4. The van der Waals surface area contributed by atoms with Crippen molar-refractivity contribution in [2.45, 2.75) is 39.8 Å². The number of rotatable bonds is 4. The van der Waals surface area contributed by atoms with Gasteiger partial charge in [-0.3, -0.25) is 4.57 Å².